The highest BCUT2D eigenvalue weighted by Crippen LogP contribution is 1.69. The summed E-state index contributed by atoms with van der Waals surface area (Å²) in [6.45, 7) is 6.93. The van der Waals surface area contributed by atoms with Crippen LogP contribution in [0.15, 0.2) is 37.5 Å². The lowest BCUT2D eigenvalue weighted by Crippen LogP contribution is -1.38. The van der Waals surface area contributed by atoms with Crippen LogP contribution in [0.25, 0.3) is 0 Å². The summed E-state index contributed by atoms with van der Waals surface area (Å²) in [5, 5.41) is 0. The molecule has 40 valence electrons. The Bertz CT molecular complexity index is 58.1. The molecule has 7 heavy (non-hydrogen) atoms. The number of rotatable bonds is 2. The molecule has 0 rings (SSSR count). The van der Waals surface area contributed by atoms with Crippen molar-refractivity contribution in [2.24, 2.45) is 0 Å². The van der Waals surface area contributed by atoms with Crippen molar-refractivity contribution in [2.45, 2.75) is 7.43 Å². The second-order valence-electron chi connectivity index (χ2n) is 0.856. The van der Waals surface area contributed by atoms with Crippen LogP contribution in [0.5, 0.6) is 0 Å². The van der Waals surface area contributed by atoms with Crippen molar-refractivity contribution in [1.29, 1.82) is 0 Å². The van der Waals surface area contributed by atoms with Gasteiger partial charge in [-0.05, 0) is 0 Å². The maximum Gasteiger partial charge on any atom is -0.0629 e. The average Bonchev–Trinajstić information content (AvgIpc) is 1.61. The molecule has 0 aliphatic heterocycles. The molecule has 0 heterocycles. The van der Waals surface area contributed by atoms with Crippen LogP contribution in [0.3, 0.4) is 0 Å². The molecule has 0 nitrogen and oxygen atoms in total. The van der Waals surface area contributed by atoms with Crippen LogP contribution in [0, 0.1) is 0 Å². The van der Waals surface area contributed by atoms with Crippen molar-refractivity contribution in [3.8, 4) is 0 Å². The molecule has 0 atom stereocenters. The van der Waals surface area contributed by atoms with Crippen molar-refractivity contribution in [3.05, 3.63) is 37.5 Å². The zero-order chi connectivity index (χ0) is 4.83. The van der Waals surface area contributed by atoms with E-state index in [1.165, 1.54) is 0 Å². The van der Waals surface area contributed by atoms with E-state index < -0.39 is 0 Å². The molecule has 0 saturated carbocycles. The Hall–Kier alpha value is -0.780. The van der Waals surface area contributed by atoms with Gasteiger partial charge < -0.3 is 0 Å². The minimum atomic E-state index is 0. The van der Waals surface area contributed by atoms with Crippen LogP contribution < -0.4 is 0 Å². The molecule has 0 spiro atoms. The maximum absolute atomic E-state index is 3.46. The Balaban J connectivity index is 0. The topological polar surface area (TPSA) is 0 Å². The predicted molar refractivity (Wildman–Crippen MR) is 36.3 cm³/mol. The van der Waals surface area contributed by atoms with Gasteiger partial charge in [-0.25, -0.2) is 0 Å². The fraction of sp³-hybridized carbons (Fsp3) is 0.143. The third-order valence-electron chi connectivity index (χ3n) is 0.383. The molecule has 0 saturated heterocycles. The third-order valence-corrected chi connectivity index (χ3v) is 0.383. The number of hydrogen-bond acceptors (Lipinski definition) is 0. The Morgan fingerprint density at radius 3 is 1.29 bits per heavy atom. The van der Waals surface area contributed by atoms with Crippen molar-refractivity contribution >= 4 is 0 Å². The van der Waals surface area contributed by atoms with Crippen LogP contribution in [-0.2, 0) is 0 Å². The van der Waals surface area contributed by atoms with Gasteiger partial charge in [-0.15, -0.1) is 0 Å². The normalized spacial score (nSPS) is 7.43. The van der Waals surface area contributed by atoms with Crippen LogP contribution in [0.2, 0.25) is 0 Å². The highest BCUT2D eigenvalue weighted by Gasteiger charge is 1.47. The summed E-state index contributed by atoms with van der Waals surface area (Å²) in [6.07, 6.45) is 7.07. The first-order valence-corrected chi connectivity index (χ1v) is 1.82. The van der Waals surface area contributed by atoms with E-state index in [4.69, 9.17) is 0 Å². The van der Waals surface area contributed by atoms with Crippen molar-refractivity contribution in [3.63, 3.8) is 0 Å². The fourth-order valence-corrected chi connectivity index (χ4v) is 0.157. The summed E-state index contributed by atoms with van der Waals surface area (Å²) in [5.74, 6) is 0. The van der Waals surface area contributed by atoms with E-state index >= 15 is 0 Å². The lowest BCUT2D eigenvalue weighted by Gasteiger charge is -1.60. The molecule has 0 aromatic heterocycles. The molecule has 0 radical (unpaired) electrons. The summed E-state index contributed by atoms with van der Waals surface area (Å²) in [7, 11) is 0. The van der Waals surface area contributed by atoms with E-state index in [-0.39, 0.29) is 7.43 Å². The van der Waals surface area contributed by atoms with Gasteiger partial charge in [-0.3, -0.25) is 0 Å². The zero-order valence-electron chi connectivity index (χ0n) is 3.72. The molecule has 0 heteroatoms. The van der Waals surface area contributed by atoms with Gasteiger partial charge in [0.1, 0.15) is 0 Å². The predicted octanol–water partition coefficient (Wildman–Crippen LogP) is 2.55. The fourth-order valence-electron chi connectivity index (χ4n) is 0.157. The molecule has 0 aromatic carbocycles. The lowest BCUT2D eigenvalue weighted by molar-refractivity contribution is 1.98. The molecule has 0 bridgehead atoms. The van der Waals surface area contributed by atoms with Crippen LogP contribution in [-0.4, -0.2) is 0 Å². The van der Waals surface area contributed by atoms with Gasteiger partial charge in [0.25, 0.3) is 0 Å². The van der Waals surface area contributed by atoms with Crippen molar-refractivity contribution in [2.75, 3.05) is 0 Å². The number of hydrogen-bond donors (Lipinski definition) is 0. The first-order valence-electron chi connectivity index (χ1n) is 1.82. The second-order valence-corrected chi connectivity index (χ2v) is 0.856. The monoisotopic (exact) mass is 96.1 g/mol. The summed E-state index contributed by atoms with van der Waals surface area (Å²) >= 11 is 0. The standard InChI is InChI=1S/C6H8.CH4/c1-3-5-6-4-2;/h3-6H,1-2H2;1H4. The molecule has 0 unspecified atom stereocenters. The molecule has 0 N–H and O–H groups in total. The zero-order valence-corrected chi connectivity index (χ0v) is 3.72. The van der Waals surface area contributed by atoms with E-state index in [1.807, 2.05) is 12.2 Å². The van der Waals surface area contributed by atoms with E-state index in [0.717, 1.165) is 0 Å². The smallest absolute Gasteiger partial charge is 0.0629 e. The minimum Gasteiger partial charge on any atom is -0.0991 e. The summed E-state index contributed by atoms with van der Waals surface area (Å²) < 4.78 is 0. The Labute approximate surface area is 45.9 Å². The molecule has 0 aliphatic rings. The molecule has 0 fully saturated rings. The summed E-state index contributed by atoms with van der Waals surface area (Å²) in [4.78, 5) is 0. The van der Waals surface area contributed by atoms with Crippen molar-refractivity contribution < 1.29 is 0 Å². The third kappa shape index (κ3) is 11.0. The van der Waals surface area contributed by atoms with Crippen LogP contribution in [0.1, 0.15) is 7.43 Å². The van der Waals surface area contributed by atoms with E-state index in [0.29, 0.717) is 0 Å². The minimum absolute atomic E-state index is 0. The Kier molecular flexibility index (Phi) is 12.2. The first kappa shape index (κ1) is 9.52. The average molecular weight is 96.2 g/mol. The van der Waals surface area contributed by atoms with E-state index in [2.05, 4.69) is 13.2 Å². The highest BCUT2D eigenvalue weighted by atomic mass is 13.5. The second kappa shape index (κ2) is 8.97. The maximum atomic E-state index is 3.46. The molecule has 0 amide bonds. The summed E-state index contributed by atoms with van der Waals surface area (Å²) in [6, 6.07) is 0. The van der Waals surface area contributed by atoms with E-state index in [9.17, 15) is 0 Å². The SMILES string of the molecule is C.C=CC=CC=C. The quantitative estimate of drug-likeness (QED) is 0.463. The van der Waals surface area contributed by atoms with E-state index in [1.54, 1.807) is 12.2 Å². The van der Waals surface area contributed by atoms with Gasteiger partial charge >= 0.3 is 0 Å². The molecule has 0 aliphatic carbocycles. The Morgan fingerprint density at radius 2 is 1.14 bits per heavy atom. The first-order chi connectivity index (χ1) is 2.91. The number of allylic oxidation sites excluding steroid dienone is 4. The largest absolute Gasteiger partial charge is 0.0991 e. The van der Waals surface area contributed by atoms with Gasteiger partial charge in [0, 0.05) is 0 Å². The van der Waals surface area contributed by atoms with Gasteiger partial charge in [-0.1, -0.05) is 44.9 Å². The van der Waals surface area contributed by atoms with Gasteiger partial charge in [0.2, 0.25) is 0 Å². The van der Waals surface area contributed by atoms with Gasteiger partial charge in [0.05, 0.1) is 0 Å². The lowest BCUT2D eigenvalue weighted by atomic mass is 10.5. The molecular formula is C7H12. The van der Waals surface area contributed by atoms with Gasteiger partial charge in [-0.2, -0.15) is 0 Å². The molecular weight excluding hydrogens is 84.1 g/mol. The Morgan fingerprint density at radius 1 is 0.857 bits per heavy atom. The van der Waals surface area contributed by atoms with Crippen molar-refractivity contribution in [1.82, 2.24) is 0 Å². The summed E-state index contributed by atoms with van der Waals surface area (Å²) in [5.41, 5.74) is 0. The molecule has 0 aromatic rings. The van der Waals surface area contributed by atoms with Crippen LogP contribution >= 0.6 is 0 Å². The van der Waals surface area contributed by atoms with Crippen LogP contribution in [0.4, 0.5) is 0 Å². The highest BCUT2D eigenvalue weighted by molar-refractivity contribution is 5.05. The van der Waals surface area contributed by atoms with Gasteiger partial charge in [0.15, 0.2) is 0 Å².